The van der Waals surface area contributed by atoms with Crippen LogP contribution in [-0.4, -0.2) is 32.4 Å². The van der Waals surface area contributed by atoms with E-state index < -0.39 is 46.2 Å². The van der Waals surface area contributed by atoms with Crippen molar-refractivity contribution in [3.8, 4) is 11.3 Å². The highest BCUT2D eigenvalue weighted by molar-refractivity contribution is 5.96. The fraction of sp³-hybridized carbons (Fsp3) is 0.455. The summed E-state index contributed by atoms with van der Waals surface area (Å²) in [4.78, 5) is 34.1. The summed E-state index contributed by atoms with van der Waals surface area (Å²) in [5.74, 6) is -3.26. The zero-order valence-corrected chi connectivity index (χ0v) is 24.6. The number of aliphatic hydroxyl groups is 1. The maximum absolute atomic E-state index is 14.8. The standard InChI is InChI=1S/C33H37F3N2O4/c1-18-10-20(13-30(41)42-33(3,4)5)12-22(11-18)24-8-9-37-17-23(24)16-29(40)28-7-6-25(34)32(38-28)31-26(35)14-21(19(2)39)15-27(31)36/h6-9,14-15,17-20,22,39H,10-13,16H2,1-5H3/t18-,19-,20+,22-/m1/s1. The minimum Gasteiger partial charge on any atom is -0.460 e. The van der Waals surface area contributed by atoms with E-state index in [-0.39, 0.29) is 35.5 Å². The van der Waals surface area contributed by atoms with Gasteiger partial charge in [0.1, 0.15) is 34.4 Å². The first-order chi connectivity index (χ1) is 19.7. The molecule has 4 atom stereocenters. The van der Waals surface area contributed by atoms with E-state index in [4.69, 9.17) is 4.74 Å². The third-order valence-corrected chi connectivity index (χ3v) is 7.56. The molecule has 0 spiro atoms. The zero-order valence-electron chi connectivity index (χ0n) is 24.6. The second-order valence-corrected chi connectivity index (χ2v) is 12.4. The number of ketones is 1. The second-order valence-electron chi connectivity index (χ2n) is 12.4. The average Bonchev–Trinajstić information content (AvgIpc) is 2.88. The molecule has 2 aromatic heterocycles. The van der Waals surface area contributed by atoms with Crippen LogP contribution in [0.3, 0.4) is 0 Å². The van der Waals surface area contributed by atoms with Crippen LogP contribution in [0.4, 0.5) is 13.2 Å². The minimum atomic E-state index is -1.12. The van der Waals surface area contributed by atoms with Gasteiger partial charge in [-0.3, -0.25) is 14.6 Å². The highest BCUT2D eigenvalue weighted by Crippen LogP contribution is 2.42. The number of halogens is 3. The molecule has 0 aliphatic heterocycles. The molecule has 0 radical (unpaired) electrons. The Morgan fingerprint density at radius 1 is 1.05 bits per heavy atom. The first kappa shape index (κ1) is 31.3. The van der Waals surface area contributed by atoms with Gasteiger partial charge in [0.15, 0.2) is 5.78 Å². The Bertz CT molecular complexity index is 1440. The smallest absolute Gasteiger partial charge is 0.306 e. The maximum Gasteiger partial charge on any atom is 0.306 e. The van der Waals surface area contributed by atoms with Crippen LogP contribution in [0.5, 0.6) is 0 Å². The number of hydrogen-bond acceptors (Lipinski definition) is 6. The zero-order chi connectivity index (χ0) is 30.8. The number of Topliss-reactive ketones (excluding diaryl/α,β-unsaturated/α-hetero) is 1. The summed E-state index contributed by atoms with van der Waals surface area (Å²) in [5.41, 5.74) is -0.388. The van der Waals surface area contributed by atoms with Crippen molar-refractivity contribution in [2.24, 2.45) is 11.8 Å². The minimum absolute atomic E-state index is 0.00383. The van der Waals surface area contributed by atoms with Crippen LogP contribution in [0, 0.1) is 29.3 Å². The number of hydrogen-bond donors (Lipinski definition) is 1. The Kier molecular flexibility index (Phi) is 9.50. The van der Waals surface area contributed by atoms with Crippen molar-refractivity contribution in [2.45, 2.75) is 84.3 Å². The molecule has 2 heterocycles. The van der Waals surface area contributed by atoms with Gasteiger partial charge in [0.2, 0.25) is 0 Å². The maximum atomic E-state index is 14.8. The number of aromatic nitrogens is 2. The molecule has 3 aromatic rings. The van der Waals surface area contributed by atoms with Crippen LogP contribution < -0.4 is 0 Å². The van der Waals surface area contributed by atoms with Crippen molar-refractivity contribution in [2.75, 3.05) is 0 Å². The predicted octanol–water partition coefficient (Wildman–Crippen LogP) is 7.29. The summed E-state index contributed by atoms with van der Waals surface area (Å²) >= 11 is 0. The molecule has 0 saturated heterocycles. The number of aliphatic hydroxyl groups excluding tert-OH is 1. The second kappa shape index (κ2) is 12.7. The summed E-state index contributed by atoms with van der Waals surface area (Å²) in [5, 5.41) is 9.68. The van der Waals surface area contributed by atoms with Crippen LogP contribution >= 0.6 is 0 Å². The van der Waals surface area contributed by atoms with Gasteiger partial charge >= 0.3 is 5.97 Å². The number of rotatable bonds is 8. The highest BCUT2D eigenvalue weighted by Gasteiger charge is 2.32. The van der Waals surface area contributed by atoms with Gasteiger partial charge in [0.05, 0.1) is 11.7 Å². The Balaban J connectivity index is 1.57. The Hall–Kier alpha value is -3.59. The average molecular weight is 583 g/mol. The summed E-state index contributed by atoms with van der Waals surface area (Å²) < 4.78 is 49.9. The van der Waals surface area contributed by atoms with E-state index in [9.17, 15) is 27.9 Å². The third-order valence-electron chi connectivity index (χ3n) is 7.56. The largest absolute Gasteiger partial charge is 0.460 e. The fourth-order valence-corrected chi connectivity index (χ4v) is 5.87. The summed E-state index contributed by atoms with van der Waals surface area (Å²) in [7, 11) is 0. The number of nitrogens with zero attached hydrogens (tertiary/aromatic N) is 2. The van der Waals surface area contributed by atoms with Crippen molar-refractivity contribution in [3.63, 3.8) is 0 Å². The Morgan fingerprint density at radius 2 is 1.74 bits per heavy atom. The Labute approximate surface area is 244 Å². The van der Waals surface area contributed by atoms with Gasteiger partial charge in [-0.25, -0.2) is 18.2 Å². The third kappa shape index (κ3) is 7.62. The fourth-order valence-electron chi connectivity index (χ4n) is 5.87. The summed E-state index contributed by atoms with van der Waals surface area (Å²) in [6, 6.07) is 5.87. The monoisotopic (exact) mass is 582 g/mol. The van der Waals surface area contributed by atoms with Gasteiger partial charge in [-0.1, -0.05) is 6.92 Å². The lowest BCUT2D eigenvalue weighted by molar-refractivity contribution is -0.156. The van der Waals surface area contributed by atoms with Gasteiger partial charge in [-0.2, -0.15) is 0 Å². The lowest BCUT2D eigenvalue weighted by Gasteiger charge is -2.34. The SMILES string of the molecule is C[C@@H]1C[C@H](CC(=O)OC(C)(C)C)C[C@H](c2ccncc2CC(=O)c2ccc(F)c(-c3c(F)cc([C@@H](C)O)cc3F)n2)C1. The molecule has 0 bridgehead atoms. The molecule has 1 aliphatic carbocycles. The van der Waals surface area contributed by atoms with Crippen molar-refractivity contribution >= 4 is 11.8 Å². The molecule has 0 unspecified atom stereocenters. The molecule has 224 valence electrons. The van der Waals surface area contributed by atoms with E-state index in [0.717, 1.165) is 43.0 Å². The summed E-state index contributed by atoms with van der Waals surface area (Å²) in [6.45, 7) is 9.04. The number of carbonyl (C=O) groups excluding carboxylic acids is 2. The van der Waals surface area contributed by atoms with Crippen molar-refractivity contribution < 1.29 is 32.6 Å². The predicted molar refractivity (Wildman–Crippen MR) is 152 cm³/mol. The molecule has 42 heavy (non-hydrogen) atoms. The molecule has 1 saturated carbocycles. The number of esters is 1. The van der Waals surface area contributed by atoms with E-state index in [2.05, 4.69) is 16.9 Å². The molecule has 6 nitrogen and oxygen atoms in total. The van der Waals surface area contributed by atoms with E-state index >= 15 is 0 Å². The number of pyridine rings is 2. The van der Waals surface area contributed by atoms with Crippen LogP contribution in [-0.2, 0) is 16.0 Å². The molecule has 1 N–H and O–H groups in total. The molecule has 4 rings (SSSR count). The van der Waals surface area contributed by atoms with E-state index in [1.165, 1.54) is 13.0 Å². The van der Waals surface area contributed by atoms with E-state index in [1.54, 1.807) is 12.4 Å². The van der Waals surface area contributed by atoms with Gasteiger partial charge in [0, 0.05) is 25.2 Å². The molecule has 1 aliphatic rings. The topological polar surface area (TPSA) is 89.4 Å². The highest BCUT2D eigenvalue weighted by atomic mass is 19.1. The van der Waals surface area contributed by atoms with Crippen LogP contribution in [0.25, 0.3) is 11.3 Å². The number of ether oxygens (including phenoxy) is 1. The van der Waals surface area contributed by atoms with Crippen molar-refractivity contribution in [3.05, 3.63) is 82.6 Å². The first-order valence-electron chi connectivity index (χ1n) is 14.2. The molecular formula is C33H37F3N2O4. The first-order valence-corrected chi connectivity index (χ1v) is 14.2. The van der Waals surface area contributed by atoms with Crippen molar-refractivity contribution in [1.29, 1.82) is 0 Å². The lowest BCUT2D eigenvalue weighted by atomic mass is 9.71. The normalized spacial score (nSPS) is 19.8. The van der Waals surface area contributed by atoms with Gasteiger partial charge < -0.3 is 9.84 Å². The van der Waals surface area contributed by atoms with Crippen LogP contribution in [0.15, 0.2) is 42.7 Å². The Morgan fingerprint density at radius 3 is 2.38 bits per heavy atom. The molecule has 1 fully saturated rings. The van der Waals surface area contributed by atoms with Crippen LogP contribution in [0.2, 0.25) is 0 Å². The van der Waals surface area contributed by atoms with Gasteiger partial charge in [0.25, 0.3) is 0 Å². The molecular weight excluding hydrogens is 545 g/mol. The van der Waals surface area contributed by atoms with Crippen molar-refractivity contribution in [1.82, 2.24) is 9.97 Å². The van der Waals surface area contributed by atoms with E-state index in [1.807, 2.05) is 26.8 Å². The van der Waals surface area contributed by atoms with E-state index in [0.29, 0.717) is 17.9 Å². The molecule has 1 aromatic carbocycles. The molecule has 0 amide bonds. The molecule has 9 heteroatoms. The summed E-state index contributed by atoms with van der Waals surface area (Å²) in [6.07, 6.45) is 4.95. The van der Waals surface area contributed by atoms with Gasteiger partial charge in [-0.15, -0.1) is 0 Å². The quantitative estimate of drug-likeness (QED) is 0.222. The lowest BCUT2D eigenvalue weighted by Crippen LogP contribution is -2.28. The number of carbonyl (C=O) groups is 2. The number of benzene rings is 1. The van der Waals surface area contributed by atoms with Gasteiger partial charge in [-0.05, 0) is 112 Å². The van der Waals surface area contributed by atoms with Crippen LogP contribution in [0.1, 0.15) is 99.5 Å².